The van der Waals surface area contributed by atoms with Crippen molar-refractivity contribution in [1.82, 2.24) is 19.7 Å². The number of aryl methyl sites for hydroxylation is 1. The molecule has 3 heterocycles. The van der Waals surface area contributed by atoms with E-state index in [9.17, 15) is 4.79 Å². The monoisotopic (exact) mass is 485 g/mol. The summed E-state index contributed by atoms with van der Waals surface area (Å²) in [6.07, 6.45) is 1.74. The molecule has 0 fully saturated rings. The Kier molecular flexibility index (Phi) is 6.32. The number of hydrogen-bond donors (Lipinski definition) is 0. The zero-order chi connectivity index (χ0) is 24.5. The second kappa shape index (κ2) is 9.56. The van der Waals surface area contributed by atoms with Crippen molar-refractivity contribution < 1.29 is 9.53 Å². The van der Waals surface area contributed by atoms with Crippen molar-refractivity contribution in [2.75, 3.05) is 25.2 Å². The molecule has 0 aliphatic rings. The van der Waals surface area contributed by atoms with Crippen LogP contribution in [0.2, 0.25) is 0 Å². The number of thiazole rings is 1. The normalized spacial score (nSPS) is 11.6. The van der Waals surface area contributed by atoms with E-state index >= 15 is 0 Å². The molecule has 0 spiro atoms. The second-order valence-electron chi connectivity index (χ2n) is 8.70. The van der Waals surface area contributed by atoms with Crippen LogP contribution in [0.15, 0.2) is 60.8 Å². The summed E-state index contributed by atoms with van der Waals surface area (Å²) >= 11 is 1.50. The number of para-hydroxylation sites is 1. The molecular weight excluding hydrogens is 458 g/mol. The van der Waals surface area contributed by atoms with Gasteiger partial charge in [0.25, 0.3) is 5.91 Å². The summed E-state index contributed by atoms with van der Waals surface area (Å²) in [7, 11) is 1.63. The van der Waals surface area contributed by atoms with Crippen LogP contribution in [0, 0.1) is 6.92 Å². The van der Waals surface area contributed by atoms with E-state index in [0.717, 1.165) is 32.4 Å². The number of rotatable bonds is 7. The Hall–Kier alpha value is -3.62. The van der Waals surface area contributed by atoms with Gasteiger partial charge in [0.2, 0.25) is 0 Å². The molecule has 35 heavy (non-hydrogen) atoms. The predicted octanol–water partition coefficient (Wildman–Crippen LogP) is 5.89. The topological polar surface area (TPSA) is 73.1 Å². The molecule has 0 saturated carbocycles. The molecule has 0 aliphatic heterocycles. The Morgan fingerprint density at radius 3 is 2.63 bits per heavy atom. The molecule has 5 aromatic rings. The van der Waals surface area contributed by atoms with Gasteiger partial charge < -0.3 is 4.74 Å². The van der Waals surface area contributed by atoms with Crippen molar-refractivity contribution in [3.8, 4) is 11.3 Å². The maximum absolute atomic E-state index is 14.2. The van der Waals surface area contributed by atoms with Gasteiger partial charge in [0.15, 0.2) is 10.8 Å². The van der Waals surface area contributed by atoms with E-state index < -0.39 is 0 Å². The first kappa shape index (κ1) is 23.1. The number of amides is 1. The highest BCUT2D eigenvalue weighted by molar-refractivity contribution is 7.22. The fourth-order valence-electron chi connectivity index (χ4n) is 4.16. The maximum Gasteiger partial charge on any atom is 0.261 e. The van der Waals surface area contributed by atoms with Gasteiger partial charge in [-0.25, -0.2) is 14.6 Å². The summed E-state index contributed by atoms with van der Waals surface area (Å²) in [5.41, 5.74) is 4.95. The highest BCUT2D eigenvalue weighted by Gasteiger charge is 2.26. The Balaban J connectivity index is 1.69. The third kappa shape index (κ3) is 4.31. The minimum Gasteiger partial charge on any atom is -0.383 e. The van der Waals surface area contributed by atoms with Crippen molar-refractivity contribution in [2.24, 2.45) is 0 Å². The molecule has 2 aromatic carbocycles. The van der Waals surface area contributed by atoms with Crippen LogP contribution in [0.25, 0.3) is 32.5 Å². The van der Waals surface area contributed by atoms with Gasteiger partial charge in [-0.1, -0.05) is 47.7 Å². The minimum absolute atomic E-state index is 0.101. The molecule has 0 aliphatic carbocycles. The molecule has 0 atom stereocenters. The van der Waals surface area contributed by atoms with Crippen molar-refractivity contribution in [1.29, 1.82) is 0 Å². The number of ether oxygens (including phenoxy) is 1. The molecule has 5 rings (SSSR count). The number of methoxy groups -OCH3 is 1. The van der Waals surface area contributed by atoms with Gasteiger partial charge in [-0.2, -0.15) is 5.10 Å². The molecule has 0 N–H and O–H groups in total. The first-order valence-corrected chi connectivity index (χ1v) is 12.4. The van der Waals surface area contributed by atoms with Crippen LogP contribution in [0.4, 0.5) is 5.13 Å². The lowest BCUT2D eigenvalue weighted by Crippen LogP contribution is -2.34. The van der Waals surface area contributed by atoms with Crippen molar-refractivity contribution in [2.45, 2.75) is 26.8 Å². The number of pyridine rings is 1. The molecule has 0 bridgehead atoms. The van der Waals surface area contributed by atoms with Gasteiger partial charge >= 0.3 is 0 Å². The number of carbonyl (C=O) groups is 1. The lowest BCUT2D eigenvalue weighted by Gasteiger charge is -2.20. The van der Waals surface area contributed by atoms with Gasteiger partial charge in [0, 0.05) is 18.7 Å². The molecular formula is C27H27N5O2S. The Bertz CT molecular complexity index is 1490. The summed E-state index contributed by atoms with van der Waals surface area (Å²) in [6, 6.07) is 18.0. The van der Waals surface area contributed by atoms with Gasteiger partial charge in [-0.3, -0.25) is 9.69 Å². The summed E-state index contributed by atoms with van der Waals surface area (Å²) < 4.78 is 8.24. The van der Waals surface area contributed by atoms with Crippen LogP contribution in [0.1, 0.15) is 35.8 Å². The van der Waals surface area contributed by atoms with Crippen molar-refractivity contribution >= 4 is 43.6 Å². The van der Waals surface area contributed by atoms with Crippen LogP contribution in [0.3, 0.4) is 0 Å². The molecule has 0 radical (unpaired) electrons. The Labute approximate surface area is 208 Å². The molecule has 3 aromatic heterocycles. The maximum atomic E-state index is 14.2. The first-order valence-electron chi connectivity index (χ1n) is 11.6. The average Bonchev–Trinajstić information content (AvgIpc) is 3.48. The van der Waals surface area contributed by atoms with E-state index in [2.05, 4.69) is 31.9 Å². The van der Waals surface area contributed by atoms with E-state index in [4.69, 9.17) is 14.7 Å². The molecule has 178 valence electrons. The summed E-state index contributed by atoms with van der Waals surface area (Å²) in [5.74, 6) is -0.147. The fraction of sp³-hybridized carbons (Fsp3) is 0.259. The van der Waals surface area contributed by atoms with E-state index in [1.165, 1.54) is 11.3 Å². The Morgan fingerprint density at radius 2 is 1.89 bits per heavy atom. The number of aromatic nitrogens is 4. The third-order valence-electron chi connectivity index (χ3n) is 5.98. The number of carbonyl (C=O) groups excluding carboxylic acids is 1. The lowest BCUT2D eigenvalue weighted by molar-refractivity contribution is 0.0977. The van der Waals surface area contributed by atoms with E-state index in [-0.39, 0.29) is 11.9 Å². The van der Waals surface area contributed by atoms with Crippen LogP contribution < -0.4 is 4.90 Å². The van der Waals surface area contributed by atoms with Crippen molar-refractivity contribution in [3.05, 3.63) is 71.9 Å². The number of benzene rings is 2. The van der Waals surface area contributed by atoms with E-state index in [1.807, 2.05) is 53.2 Å². The van der Waals surface area contributed by atoms with Crippen LogP contribution in [-0.2, 0) is 4.74 Å². The highest BCUT2D eigenvalue weighted by atomic mass is 32.1. The fourth-order valence-corrected chi connectivity index (χ4v) is 5.15. The largest absolute Gasteiger partial charge is 0.383 e. The first-order chi connectivity index (χ1) is 17.0. The van der Waals surface area contributed by atoms with Gasteiger partial charge in [-0.05, 0) is 44.5 Å². The van der Waals surface area contributed by atoms with Crippen LogP contribution in [-0.4, -0.2) is 45.9 Å². The second-order valence-corrected chi connectivity index (χ2v) is 9.71. The van der Waals surface area contributed by atoms with Gasteiger partial charge in [0.05, 0.1) is 46.2 Å². The molecule has 0 unspecified atom stereocenters. The van der Waals surface area contributed by atoms with Crippen LogP contribution in [0.5, 0.6) is 0 Å². The Morgan fingerprint density at radius 1 is 1.11 bits per heavy atom. The number of anilines is 1. The zero-order valence-electron chi connectivity index (χ0n) is 20.2. The highest BCUT2D eigenvalue weighted by Crippen LogP contribution is 2.33. The van der Waals surface area contributed by atoms with E-state index in [1.54, 1.807) is 18.2 Å². The smallest absolute Gasteiger partial charge is 0.261 e. The standard InChI is InChI=1S/C27H27N5O2S/c1-17(2)32-25-21(16-28-32)20(15-23(29-25)19-10-6-5-9-18(19)3)26(33)31(13-14-34-4)27-30-22-11-7-8-12-24(22)35-27/h5-12,15-17H,13-14H2,1-4H3. The van der Waals surface area contributed by atoms with Crippen LogP contribution >= 0.6 is 11.3 Å². The summed E-state index contributed by atoms with van der Waals surface area (Å²) in [4.78, 5) is 25.6. The van der Waals surface area contributed by atoms with Gasteiger partial charge in [-0.15, -0.1) is 0 Å². The molecule has 7 nitrogen and oxygen atoms in total. The van der Waals surface area contributed by atoms with Crippen molar-refractivity contribution in [3.63, 3.8) is 0 Å². The SMILES string of the molecule is COCCN(C(=O)c1cc(-c2ccccc2C)nc2c1cnn2C(C)C)c1nc2ccccc2s1. The number of nitrogens with zero attached hydrogens (tertiary/aromatic N) is 5. The van der Waals surface area contributed by atoms with E-state index in [0.29, 0.717) is 29.5 Å². The molecule has 1 amide bonds. The zero-order valence-corrected chi connectivity index (χ0v) is 21.0. The summed E-state index contributed by atoms with van der Waals surface area (Å²) in [6.45, 7) is 6.95. The minimum atomic E-state index is -0.147. The molecule has 0 saturated heterocycles. The molecule has 8 heteroatoms. The summed E-state index contributed by atoms with van der Waals surface area (Å²) in [5, 5.41) is 5.94. The third-order valence-corrected chi connectivity index (χ3v) is 7.04. The average molecular weight is 486 g/mol. The number of hydrogen-bond acceptors (Lipinski definition) is 6. The van der Waals surface area contributed by atoms with Gasteiger partial charge in [0.1, 0.15) is 0 Å². The predicted molar refractivity (Wildman–Crippen MR) is 141 cm³/mol. The lowest BCUT2D eigenvalue weighted by atomic mass is 10.0. The number of fused-ring (bicyclic) bond motifs is 2. The quantitative estimate of drug-likeness (QED) is 0.287.